The van der Waals surface area contributed by atoms with E-state index in [1.165, 1.54) is 6.33 Å². The fourth-order valence-corrected chi connectivity index (χ4v) is 1.11. The number of rotatable bonds is 7. The number of hydrogen-bond acceptors (Lipinski definition) is 5. The average Bonchev–Trinajstić information content (AvgIpc) is 2.81. The summed E-state index contributed by atoms with van der Waals surface area (Å²) in [7, 11) is 0. The third kappa shape index (κ3) is 9.59. The highest BCUT2D eigenvalue weighted by atomic mass is 16.4. The zero-order chi connectivity index (χ0) is 15.5. The van der Waals surface area contributed by atoms with E-state index < -0.39 is 23.9 Å². The smallest absolute Gasteiger partial charge is 0.320 e. The first-order valence-corrected chi connectivity index (χ1v) is 5.72. The molecular weight excluding hydrogens is 270 g/mol. The number of H-pyrrole nitrogens is 1. The second-order valence-electron chi connectivity index (χ2n) is 3.85. The quantitative estimate of drug-likeness (QED) is 0.455. The Balaban J connectivity index is 0.000000370. The van der Waals surface area contributed by atoms with Crippen molar-refractivity contribution >= 4 is 17.9 Å². The second kappa shape index (κ2) is 9.50. The maximum Gasteiger partial charge on any atom is 0.320 e. The van der Waals surface area contributed by atoms with E-state index in [1.807, 2.05) is 0 Å². The van der Waals surface area contributed by atoms with Crippen LogP contribution in [0.3, 0.4) is 0 Å². The molecule has 0 radical (unpaired) electrons. The van der Waals surface area contributed by atoms with Gasteiger partial charge in [-0.3, -0.25) is 14.4 Å². The van der Waals surface area contributed by atoms with E-state index in [9.17, 15) is 14.4 Å². The number of nitrogens with one attached hydrogen (secondary N) is 1. The molecule has 1 heterocycles. The van der Waals surface area contributed by atoms with Crippen molar-refractivity contribution in [1.29, 1.82) is 0 Å². The zero-order valence-corrected chi connectivity index (χ0v) is 10.7. The summed E-state index contributed by atoms with van der Waals surface area (Å²) in [5.74, 6) is -2.90. The lowest BCUT2D eigenvalue weighted by atomic mass is 10.2. The first kappa shape index (κ1) is 17.6. The summed E-state index contributed by atoms with van der Waals surface area (Å²) in [6, 6.07) is -0.863. The SMILES string of the molecule is NC(Cc1c[nH]cn1)C(=O)O.O=C(O)CCCC(=O)O. The topological polar surface area (TPSA) is 167 Å². The third-order valence-electron chi connectivity index (χ3n) is 2.08. The molecule has 1 aromatic rings. The molecule has 112 valence electrons. The summed E-state index contributed by atoms with van der Waals surface area (Å²) < 4.78 is 0. The van der Waals surface area contributed by atoms with E-state index in [0.29, 0.717) is 5.69 Å². The lowest BCUT2D eigenvalue weighted by Crippen LogP contribution is -2.32. The van der Waals surface area contributed by atoms with Crippen molar-refractivity contribution in [1.82, 2.24) is 9.97 Å². The van der Waals surface area contributed by atoms with Gasteiger partial charge in [0.25, 0.3) is 0 Å². The summed E-state index contributed by atoms with van der Waals surface area (Å²) in [4.78, 5) is 36.4. The van der Waals surface area contributed by atoms with Crippen LogP contribution in [0.25, 0.3) is 0 Å². The Morgan fingerprint density at radius 2 is 1.75 bits per heavy atom. The molecule has 1 unspecified atom stereocenters. The number of carboxylic acid groups (broad SMARTS) is 3. The number of carboxylic acids is 3. The number of imidazole rings is 1. The van der Waals surface area contributed by atoms with Gasteiger partial charge in [-0.2, -0.15) is 0 Å². The van der Waals surface area contributed by atoms with E-state index in [2.05, 4.69) is 9.97 Å². The minimum atomic E-state index is -1.01. The van der Waals surface area contributed by atoms with Gasteiger partial charge in [0.15, 0.2) is 0 Å². The molecule has 1 aromatic heterocycles. The van der Waals surface area contributed by atoms with Gasteiger partial charge < -0.3 is 26.0 Å². The van der Waals surface area contributed by atoms with Gasteiger partial charge in [-0.05, 0) is 6.42 Å². The van der Waals surface area contributed by atoms with Crippen molar-refractivity contribution in [3.63, 3.8) is 0 Å². The Hall–Kier alpha value is -2.42. The molecule has 9 nitrogen and oxygen atoms in total. The molecule has 0 bridgehead atoms. The molecule has 0 aromatic carbocycles. The Morgan fingerprint density at radius 1 is 1.20 bits per heavy atom. The first-order chi connectivity index (χ1) is 9.32. The number of nitrogens with zero attached hydrogens (tertiary/aromatic N) is 1. The largest absolute Gasteiger partial charge is 0.481 e. The van der Waals surface area contributed by atoms with Crippen LogP contribution < -0.4 is 5.73 Å². The van der Waals surface area contributed by atoms with Crippen LogP contribution in [0.4, 0.5) is 0 Å². The second-order valence-corrected chi connectivity index (χ2v) is 3.85. The van der Waals surface area contributed by atoms with Crippen LogP contribution in [0.2, 0.25) is 0 Å². The zero-order valence-electron chi connectivity index (χ0n) is 10.7. The summed E-state index contributed by atoms with van der Waals surface area (Å²) in [6.07, 6.45) is 3.47. The van der Waals surface area contributed by atoms with Crippen LogP contribution in [-0.4, -0.2) is 49.2 Å². The Morgan fingerprint density at radius 3 is 2.10 bits per heavy atom. The van der Waals surface area contributed by atoms with Gasteiger partial charge in [0.1, 0.15) is 6.04 Å². The molecule has 6 N–H and O–H groups in total. The maximum atomic E-state index is 10.3. The van der Waals surface area contributed by atoms with Gasteiger partial charge in [0, 0.05) is 25.5 Å². The summed E-state index contributed by atoms with van der Waals surface area (Å²) in [5.41, 5.74) is 5.92. The van der Waals surface area contributed by atoms with Crippen molar-refractivity contribution in [3.05, 3.63) is 18.2 Å². The third-order valence-corrected chi connectivity index (χ3v) is 2.08. The van der Waals surface area contributed by atoms with Crippen LogP contribution in [0.5, 0.6) is 0 Å². The van der Waals surface area contributed by atoms with Gasteiger partial charge in [-0.1, -0.05) is 0 Å². The van der Waals surface area contributed by atoms with E-state index in [-0.39, 0.29) is 25.7 Å². The summed E-state index contributed by atoms with van der Waals surface area (Å²) >= 11 is 0. The fraction of sp³-hybridized carbons (Fsp3) is 0.455. The normalized spacial score (nSPS) is 11.1. The highest BCUT2D eigenvalue weighted by Gasteiger charge is 2.12. The number of aromatic amines is 1. The predicted octanol–water partition coefficient (Wildman–Crippen LogP) is -0.310. The van der Waals surface area contributed by atoms with E-state index >= 15 is 0 Å². The minimum absolute atomic E-state index is 0.0632. The molecule has 0 spiro atoms. The van der Waals surface area contributed by atoms with Gasteiger partial charge in [-0.25, -0.2) is 4.98 Å². The average molecular weight is 287 g/mol. The van der Waals surface area contributed by atoms with Crippen LogP contribution in [0, 0.1) is 0 Å². The molecule has 0 fully saturated rings. The van der Waals surface area contributed by atoms with Crippen molar-refractivity contribution < 1.29 is 29.7 Å². The van der Waals surface area contributed by atoms with Crippen LogP contribution in [0.1, 0.15) is 25.0 Å². The van der Waals surface area contributed by atoms with Crippen molar-refractivity contribution in [2.75, 3.05) is 0 Å². The molecule has 1 rings (SSSR count). The van der Waals surface area contributed by atoms with E-state index in [4.69, 9.17) is 21.1 Å². The summed E-state index contributed by atoms with van der Waals surface area (Å²) in [5, 5.41) is 24.5. The molecule has 0 amide bonds. The number of aliphatic carboxylic acids is 3. The highest BCUT2D eigenvalue weighted by molar-refractivity contribution is 5.73. The van der Waals surface area contributed by atoms with E-state index in [1.54, 1.807) is 6.20 Å². The lowest BCUT2D eigenvalue weighted by molar-refractivity contribution is -0.140. The molecule has 0 aliphatic carbocycles. The highest BCUT2D eigenvalue weighted by Crippen LogP contribution is 1.95. The van der Waals surface area contributed by atoms with Gasteiger partial charge >= 0.3 is 17.9 Å². The van der Waals surface area contributed by atoms with Crippen LogP contribution in [-0.2, 0) is 20.8 Å². The predicted molar refractivity (Wildman–Crippen MR) is 67.0 cm³/mol. The molecule has 1 atom stereocenters. The van der Waals surface area contributed by atoms with Crippen molar-refractivity contribution in [3.8, 4) is 0 Å². The molecule has 0 saturated heterocycles. The number of carbonyl (C=O) groups is 3. The van der Waals surface area contributed by atoms with Crippen LogP contribution in [0.15, 0.2) is 12.5 Å². The van der Waals surface area contributed by atoms with Gasteiger partial charge in [-0.15, -0.1) is 0 Å². The summed E-state index contributed by atoms with van der Waals surface area (Å²) in [6.45, 7) is 0. The van der Waals surface area contributed by atoms with Gasteiger partial charge in [0.05, 0.1) is 12.0 Å². The monoisotopic (exact) mass is 287 g/mol. The molecule has 0 aliphatic heterocycles. The molecule has 0 aliphatic rings. The number of nitrogens with two attached hydrogens (primary N) is 1. The Kier molecular flexibility index (Phi) is 8.35. The maximum absolute atomic E-state index is 10.3. The first-order valence-electron chi connectivity index (χ1n) is 5.72. The number of hydrogen-bond donors (Lipinski definition) is 5. The van der Waals surface area contributed by atoms with Crippen LogP contribution >= 0.6 is 0 Å². The standard InChI is InChI=1S/C6H9N3O2.C5H8O4/c7-5(6(10)11)1-4-2-8-3-9-4;6-4(7)2-1-3-5(8)9/h2-3,5H,1,7H2,(H,8,9)(H,10,11);1-3H2,(H,6,7)(H,8,9). The molecular formula is C11H17N3O6. The Labute approximate surface area is 114 Å². The minimum Gasteiger partial charge on any atom is -0.481 e. The van der Waals surface area contributed by atoms with Crippen molar-refractivity contribution in [2.45, 2.75) is 31.7 Å². The molecule has 0 saturated carbocycles. The lowest BCUT2D eigenvalue weighted by Gasteiger charge is -2.01. The fourth-order valence-electron chi connectivity index (χ4n) is 1.11. The van der Waals surface area contributed by atoms with Gasteiger partial charge in [0.2, 0.25) is 0 Å². The Bertz CT molecular complexity index is 417. The van der Waals surface area contributed by atoms with Crippen molar-refractivity contribution in [2.24, 2.45) is 5.73 Å². The molecule has 9 heteroatoms. The van der Waals surface area contributed by atoms with E-state index in [0.717, 1.165) is 0 Å². The molecule has 20 heavy (non-hydrogen) atoms. The number of aromatic nitrogens is 2.